The molecule has 5 nitrogen and oxygen atoms in total. The van der Waals surface area contributed by atoms with Crippen LogP contribution in [0.4, 0.5) is 4.79 Å². The summed E-state index contributed by atoms with van der Waals surface area (Å²) in [6.45, 7) is 7.97. The van der Waals surface area contributed by atoms with Gasteiger partial charge in [-0.05, 0) is 18.3 Å². The Balaban J connectivity index is 4.31. The van der Waals surface area contributed by atoms with E-state index in [1.807, 2.05) is 27.7 Å². The van der Waals surface area contributed by atoms with Crippen LogP contribution in [-0.4, -0.2) is 29.7 Å². The molecule has 5 heteroatoms. The van der Waals surface area contributed by atoms with E-state index >= 15 is 0 Å². The summed E-state index contributed by atoms with van der Waals surface area (Å²) >= 11 is 0. The molecule has 20 heavy (non-hydrogen) atoms. The number of urea groups is 1. The van der Waals surface area contributed by atoms with Crippen molar-refractivity contribution in [3.8, 4) is 12.3 Å². The second-order valence-corrected chi connectivity index (χ2v) is 6.17. The molecule has 0 spiro atoms. The van der Waals surface area contributed by atoms with Gasteiger partial charge in [-0.15, -0.1) is 12.3 Å². The van der Waals surface area contributed by atoms with Gasteiger partial charge in [-0.1, -0.05) is 27.7 Å². The molecule has 0 aliphatic heterocycles. The van der Waals surface area contributed by atoms with Crippen molar-refractivity contribution < 1.29 is 14.7 Å². The molecule has 0 fully saturated rings. The molecule has 0 saturated carbocycles. The molecule has 114 valence electrons. The minimum absolute atomic E-state index is 0.0779. The van der Waals surface area contributed by atoms with Crippen LogP contribution in [0.25, 0.3) is 0 Å². The van der Waals surface area contributed by atoms with Crippen molar-refractivity contribution >= 4 is 12.0 Å². The summed E-state index contributed by atoms with van der Waals surface area (Å²) < 4.78 is 0. The minimum atomic E-state index is -0.893. The first-order valence-electron chi connectivity index (χ1n) is 6.90. The van der Waals surface area contributed by atoms with Gasteiger partial charge in [0, 0.05) is 19.0 Å². The maximum Gasteiger partial charge on any atom is 0.315 e. The normalized spacial score (nSPS) is 13.9. The number of hydrogen-bond donors (Lipinski definition) is 3. The highest BCUT2D eigenvalue weighted by Gasteiger charge is 2.25. The van der Waals surface area contributed by atoms with Crippen molar-refractivity contribution in [2.24, 2.45) is 11.3 Å². The van der Waals surface area contributed by atoms with E-state index < -0.39 is 11.9 Å². The fourth-order valence-corrected chi connectivity index (χ4v) is 1.88. The van der Waals surface area contributed by atoms with Crippen molar-refractivity contribution in [1.29, 1.82) is 0 Å². The molecule has 0 aromatic carbocycles. The van der Waals surface area contributed by atoms with Crippen LogP contribution in [0.1, 0.15) is 47.0 Å². The Bertz CT molecular complexity index is 366. The van der Waals surface area contributed by atoms with E-state index in [2.05, 4.69) is 16.6 Å². The zero-order valence-electron chi connectivity index (χ0n) is 12.8. The Morgan fingerprint density at radius 3 is 2.35 bits per heavy atom. The fraction of sp³-hybridized carbons (Fsp3) is 0.733. The number of rotatable bonds is 7. The number of amides is 2. The number of carbonyl (C=O) groups is 2. The van der Waals surface area contributed by atoms with Gasteiger partial charge in [0.15, 0.2) is 0 Å². The summed E-state index contributed by atoms with van der Waals surface area (Å²) in [6, 6.07) is -0.446. The number of carbonyl (C=O) groups excluding carboxylic acids is 1. The van der Waals surface area contributed by atoms with Gasteiger partial charge >= 0.3 is 12.0 Å². The largest absolute Gasteiger partial charge is 0.481 e. The van der Waals surface area contributed by atoms with Gasteiger partial charge in [-0.25, -0.2) is 4.79 Å². The van der Waals surface area contributed by atoms with Crippen LogP contribution in [0.15, 0.2) is 0 Å². The standard InChI is InChI=1S/C15H26N2O3/c1-6-8-12(7-2)17-14(20)16-10-11(13(18)19)9-15(3,4)5/h1,11-12H,7-10H2,2-5H3,(H,18,19)(H2,16,17,20). The third-order valence-electron chi connectivity index (χ3n) is 2.91. The molecule has 0 aliphatic carbocycles. The van der Waals surface area contributed by atoms with Crippen LogP contribution in [0, 0.1) is 23.7 Å². The predicted molar refractivity (Wildman–Crippen MR) is 79.3 cm³/mol. The van der Waals surface area contributed by atoms with Crippen LogP contribution < -0.4 is 10.6 Å². The quantitative estimate of drug-likeness (QED) is 0.626. The van der Waals surface area contributed by atoms with Crippen molar-refractivity contribution in [1.82, 2.24) is 10.6 Å². The molecule has 2 amide bonds. The monoisotopic (exact) mass is 282 g/mol. The van der Waals surface area contributed by atoms with E-state index in [1.165, 1.54) is 0 Å². The van der Waals surface area contributed by atoms with Crippen LogP contribution in [0.2, 0.25) is 0 Å². The third-order valence-corrected chi connectivity index (χ3v) is 2.91. The lowest BCUT2D eigenvalue weighted by molar-refractivity contribution is -0.142. The van der Waals surface area contributed by atoms with Crippen molar-refractivity contribution in [2.75, 3.05) is 6.54 Å². The fourth-order valence-electron chi connectivity index (χ4n) is 1.88. The lowest BCUT2D eigenvalue weighted by Crippen LogP contribution is -2.44. The van der Waals surface area contributed by atoms with Gasteiger partial charge < -0.3 is 15.7 Å². The third kappa shape index (κ3) is 8.41. The molecule has 3 N–H and O–H groups in total. The molecule has 0 bridgehead atoms. The van der Waals surface area contributed by atoms with Gasteiger partial charge in [-0.2, -0.15) is 0 Å². The van der Waals surface area contributed by atoms with E-state index in [1.54, 1.807) is 0 Å². The highest BCUT2D eigenvalue weighted by atomic mass is 16.4. The SMILES string of the molecule is C#CCC(CC)NC(=O)NCC(CC(C)(C)C)C(=O)O. The van der Waals surface area contributed by atoms with Gasteiger partial charge in [0.1, 0.15) is 0 Å². The molecule has 2 unspecified atom stereocenters. The van der Waals surface area contributed by atoms with Crippen LogP contribution in [0.3, 0.4) is 0 Å². The van der Waals surface area contributed by atoms with Crippen LogP contribution in [0.5, 0.6) is 0 Å². The molecule has 0 radical (unpaired) electrons. The minimum Gasteiger partial charge on any atom is -0.481 e. The Morgan fingerprint density at radius 2 is 1.95 bits per heavy atom. The highest BCUT2D eigenvalue weighted by molar-refractivity contribution is 5.76. The number of aliphatic carboxylic acids is 1. The van der Waals surface area contributed by atoms with Gasteiger partial charge in [0.25, 0.3) is 0 Å². The molecule has 0 rings (SSSR count). The first kappa shape index (κ1) is 18.3. The Morgan fingerprint density at radius 1 is 1.35 bits per heavy atom. The molecule has 0 aromatic rings. The number of hydrogen-bond acceptors (Lipinski definition) is 2. The van der Waals surface area contributed by atoms with E-state index in [0.29, 0.717) is 12.8 Å². The summed E-state index contributed by atoms with van der Waals surface area (Å²) in [4.78, 5) is 22.9. The summed E-state index contributed by atoms with van der Waals surface area (Å²) in [6.07, 6.45) is 6.92. The van der Waals surface area contributed by atoms with E-state index in [4.69, 9.17) is 11.5 Å². The van der Waals surface area contributed by atoms with Crippen molar-refractivity contribution in [3.05, 3.63) is 0 Å². The highest BCUT2D eigenvalue weighted by Crippen LogP contribution is 2.24. The zero-order chi connectivity index (χ0) is 15.8. The molecular formula is C15H26N2O3. The molecule has 2 atom stereocenters. The Hall–Kier alpha value is -1.70. The van der Waals surface area contributed by atoms with E-state index in [0.717, 1.165) is 6.42 Å². The summed E-state index contributed by atoms with van der Waals surface area (Å²) in [7, 11) is 0. The average molecular weight is 282 g/mol. The molecule has 0 aliphatic rings. The predicted octanol–water partition coefficient (Wildman–Crippen LogP) is 2.22. The number of terminal acetylenes is 1. The smallest absolute Gasteiger partial charge is 0.315 e. The summed E-state index contributed by atoms with van der Waals surface area (Å²) in [5, 5.41) is 14.5. The van der Waals surface area contributed by atoms with Crippen LogP contribution >= 0.6 is 0 Å². The van der Waals surface area contributed by atoms with E-state index in [-0.39, 0.29) is 24.0 Å². The topological polar surface area (TPSA) is 78.4 Å². The lowest BCUT2D eigenvalue weighted by atomic mass is 9.84. The average Bonchev–Trinajstić information content (AvgIpc) is 2.32. The first-order chi connectivity index (χ1) is 9.19. The zero-order valence-corrected chi connectivity index (χ0v) is 12.8. The van der Waals surface area contributed by atoms with Gasteiger partial charge in [0.05, 0.1) is 5.92 Å². The Labute approximate surface area is 121 Å². The summed E-state index contributed by atoms with van der Waals surface area (Å²) in [5.74, 6) is 1.02. The van der Waals surface area contributed by atoms with Gasteiger partial charge in [-0.3, -0.25) is 4.79 Å². The number of carboxylic acids is 1. The number of carboxylic acid groups (broad SMARTS) is 1. The molecule has 0 heterocycles. The van der Waals surface area contributed by atoms with Crippen LogP contribution in [-0.2, 0) is 4.79 Å². The van der Waals surface area contributed by atoms with Crippen molar-refractivity contribution in [3.63, 3.8) is 0 Å². The molecule has 0 saturated heterocycles. The maximum absolute atomic E-state index is 11.7. The lowest BCUT2D eigenvalue weighted by Gasteiger charge is -2.24. The van der Waals surface area contributed by atoms with E-state index in [9.17, 15) is 9.59 Å². The second-order valence-electron chi connectivity index (χ2n) is 6.17. The first-order valence-corrected chi connectivity index (χ1v) is 6.90. The molecular weight excluding hydrogens is 256 g/mol. The second kappa shape index (κ2) is 8.47. The molecule has 0 aromatic heterocycles. The van der Waals surface area contributed by atoms with Crippen molar-refractivity contribution in [2.45, 2.75) is 53.0 Å². The van der Waals surface area contributed by atoms with Gasteiger partial charge in [0.2, 0.25) is 0 Å². The Kier molecular flexibility index (Phi) is 7.75. The number of nitrogens with one attached hydrogen (secondary N) is 2. The summed E-state index contributed by atoms with van der Waals surface area (Å²) in [5.41, 5.74) is -0.101. The maximum atomic E-state index is 11.7.